The molecule has 2 aromatic carbocycles. The first-order chi connectivity index (χ1) is 12.5. The van der Waals surface area contributed by atoms with Gasteiger partial charge in [-0.25, -0.2) is 4.98 Å². The molecule has 0 N–H and O–H groups in total. The first-order valence-electron chi connectivity index (χ1n) is 8.84. The Kier molecular flexibility index (Phi) is 5.58. The number of benzene rings is 2. The predicted octanol–water partition coefficient (Wildman–Crippen LogP) is 6.08. The van der Waals surface area contributed by atoms with E-state index < -0.39 is 5.24 Å². The summed E-state index contributed by atoms with van der Waals surface area (Å²) in [5.41, 5.74) is 5.06. The van der Waals surface area contributed by atoms with Crippen LogP contribution in [0.1, 0.15) is 41.3 Å². The fourth-order valence-corrected chi connectivity index (χ4v) is 3.20. The molecule has 4 heteroatoms. The Labute approximate surface area is 159 Å². The van der Waals surface area contributed by atoms with Crippen LogP contribution in [0.5, 0.6) is 5.75 Å². The van der Waals surface area contributed by atoms with E-state index in [9.17, 15) is 4.79 Å². The van der Waals surface area contributed by atoms with Crippen molar-refractivity contribution in [2.24, 2.45) is 0 Å². The largest absolute Gasteiger partial charge is 0.494 e. The van der Waals surface area contributed by atoms with Crippen molar-refractivity contribution in [1.29, 1.82) is 0 Å². The fraction of sp³-hybridized carbons (Fsp3) is 0.273. The molecule has 3 aromatic rings. The highest BCUT2D eigenvalue weighted by Crippen LogP contribution is 2.29. The number of fused-ring (bicyclic) bond motifs is 1. The Balaban J connectivity index is 2.04. The Bertz CT molecular complexity index is 949. The van der Waals surface area contributed by atoms with Crippen LogP contribution in [0.2, 0.25) is 0 Å². The first-order valence-corrected chi connectivity index (χ1v) is 9.22. The minimum absolute atomic E-state index is 0.469. The van der Waals surface area contributed by atoms with E-state index >= 15 is 0 Å². The number of rotatable bonds is 6. The van der Waals surface area contributed by atoms with Gasteiger partial charge in [-0.3, -0.25) is 4.79 Å². The van der Waals surface area contributed by atoms with Crippen LogP contribution in [-0.2, 0) is 0 Å². The Morgan fingerprint density at radius 3 is 2.50 bits per heavy atom. The van der Waals surface area contributed by atoms with Gasteiger partial charge in [-0.05, 0) is 73.8 Å². The summed E-state index contributed by atoms with van der Waals surface area (Å²) >= 11 is 5.86. The molecule has 0 unspecified atom stereocenters. The molecule has 0 radical (unpaired) electrons. The summed E-state index contributed by atoms with van der Waals surface area (Å²) < 4.78 is 5.71. The standard InChI is InChI=1S/C22H22ClNO2/c1-4-5-10-26-17-8-6-16(7-9-17)20-13-19(22(23)25)18-12-14(2)11-15(3)21(18)24-20/h6-9,11-13H,4-5,10H2,1-3H3. The second-order valence-corrected chi connectivity index (χ2v) is 6.88. The number of hydrogen-bond donors (Lipinski definition) is 0. The number of aryl methyl sites for hydroxylation is 2. The third-order valence-electron chi connectivity index (χ3n) is 4.38. The van der Waals surface area contributed by atoms with Gasteiger partial charge in [-0.15, -0.1) is 0 Å². The van der Waals surface area contributed by atoms with Gasteiger partial charge in [-0.1, -0.05) is 25.0 Å². The van der Waals surface area contributed by atoms with Crippen molar-refractivity contribution in [3.05, 3.63) is 59.2 Å². The highest BCUT2D eigenvalue weighted by molar-refractivity contribution is 6.68. The molecule has 0 spiro atoms. The van der Waals surface area contributed by atoms with Gasteiger partial charge in [0.1, 0.15) is 5.75 Å². The van der Waals surface area contributed by atoms with E-state index in [2.05, 4.69) is 13.0 Å². The second-order valence-electron chi connectivity index (χ2n) is 6.53. The van der Waals surface area contributed by atoms with Gasteiger partial charge in [0, 0.05) is 16.5 Å². The van der Waals surface area contributed by atoms with E-state index in [1.807, 2.05) is 44.2 Å². The number of halogens is 1. The van der Waals surface area contributed by atoms with Crippen molar-refractivity contribution in [3.8, 4) is 17.0 Å². The number of ether oxygens (including phenoxy) is 1. The van der Waals surface area contributed by atoms with Gasteiger partial charge in [0.15, 0.2) is 0 Å². The Morgan fingerprint density at radius 2 is 1.85 bits per heavy atom. The quantitative estimate of drug-likeness (QED) is 0.391. The van der Waals surface area contributed by atoms with E-state index in [0.29, 0.717) is 12.2 Å². The molecule has 0 fully saturated rings. The van der Waals surface area contributed by atoms with Gasteiger partial charge >= 0.3 is 0 Å². The lowest BCUT2D eigenvalue weighted by Gasteiger charge is -2.11. The Morgan fingerprint density at radius 1 is 1.12 bits per heavy atom. The molecule has 0 saturated heterocycles. The maximum Gasteiger partial charge on any atom is 0.253 e. The second kappa shape index (κ2) is 7.88. The van der Waals surface area contributed by atoms with Crippen LogP contribution in [0, 0.1) is 13.8 Å². The van der Waals surface area contributed by atoms with Gasteiger partial charge in [0.25, 0.3) is 5.24 Å². The number of nitrogens with zero attached hydrogens (tertiary/aromatic N) is 1. The fourth-order valence-electron chi connectivity index (χ4n) is 3.05. The van der Waals surface area contributed by atoms with Crippen LogP contribution < -0.4 is 4.74 Å². The normalized spacial score (nSPS) is 10.9. The molecule has 0 aliphatic heterocycles. The molecule has 26 heavy (non-hydrogen) atoms. The number of hydrogen-bond acceptors (Lipinski definition) is 3. The SMILES string of the molecule is CCCCOc1ccc(-c2cc(C(=O)Cl)c3cc(C)cc(C)c3n2)cc1. The van der Waals surface area contributed by atoms with Crippen molar-refractivity contribution < 1.29 is 9.53 Å². The smallest absolute Gasteiger partial charge is 0.253 e. The maximum absolute atomic E-state index is 12.0. The van der Waals surface area contributed by atoms with Crippen molar-refractivity contribution in [2.45, 2.75) is 33.6 Å². The van der Waals surface area contributed by atoms with Crippen LogP contribution in [0.4, 0.5) is 0 Å². The predicted molar refractivity (Wildman–Crippen MR) is 107 cm³/mol. The number of carbonyl (C=O) groups excluding carboxylic acids is 1. The lowest BCUT2D eigenvalue weighted by atomic mass is 10.0. The molecule has 3 rings (SSSR count). The minimum Gasteiger partial charge on any atom is -0.494 e. The molecular weight excluding hydrogens is 346 g/mol. The van der Waals surface area contributed by atoms with Crippen molar-refractivity contribution >= 4 is 27.7 Å². The van der Waals surface area contributed by atoms with Crippen molar-refractivity contribution in [3.63, 3.8) is 0 Å². The Hall–Kier alpha value is -2.39. The maximum atomic E-state index is 12.0. The van der Waals surface area contributed by atoms with Gasteiger partial charge < -0.3 is 4.74 Å². The molecule has 0 amide bonds. The molecule has 3 nitrogen and oxygen atoms in total. The number of pyridine rings is 1. The summed E-state index contributed by atoms with van der Waals surface area (Å²) in [6.45, 7) is 6.85. The highest BCUT2D eigenvalue weighted by Gasteiger charge is 2.14. The number of carbonyl (C=O) groups is 1. The summed E-state index contributed by atoms with van der Waals surface area (Å²) in [4.78, 5) is 16.8. The van der Waals surface area contributed by atoms with Crippen molar-refractivity contribution in [2.75, 3.05) is 6.61 Å². The molecule has 1 aromatic heterocycles. The van der Waals surface area contributed by atoms with Crippen LogP contribution in [-0.4, -0.2) is 16.8 Å². The summed E-state index contributed by atoms with van der Waals surface area (Å²) in [7, 11) is 0. The monoisotopic (exact) mass is 367 g/mol. The van der Waals surface area contributed by atoms with Crippen LogP contribution >= 0.6 is 11.6 Å². The first kappa shape index (κ1) is 18.4. The van der Waals surface area contributed by atoms with E-state index in [0.717, 1.165) is 51.9 Å². The van der Waals surface area contributed by atoms with Crippen LogP contribution in [0.15, 0.2) is 42.5 Å². The van der Waals surface area contributed by atoms with Crippen molar-refractivity contribution in [1.82, 2.24) is 4.98 Å². The number of aromatic nitrogens is 1. The molecular formula is C22H22ClNO2. The highest BCUT2D eigenvalue weighted by atomic mass is 35.5. The average molecular weight is 368 g/mol. The van der Waals surface area contributed by atoms with E-state index in [1.165, 1.54) is 0 Å². The lowest BCUT2D eigenvalue weighted by molar-refractivity contribution is 0.108. The minimum atomic E-state index is -0.469. The molecule has 0 saturated carbocycles. The summed E-state index contributed by atoms with van der Waals surface area (Å²) in [5.74, 6) is 0.837. The number of unbranched alkanes of at least 4 members (excludes halogenated alkanes) is 1. The molecule has 0 aliphatic carbocycles. The van der Waals surface area contributed by atoms with E-state index in [1.54, 1.807) is 6.07 Å². The molecule has 134 valence electrons. The third kappa shape index (κ3) is 3.88. The zero-order valence-electron chi connectivity index (χ0n) is 15.3. The van der Waals surface area contributed by atoms with Gasteiger partial charge in [0.05, 0.1) is 17.8 Å². The average Bonchev–Trinajstić information content (AvgIpc) is 2.61. The molecule has 0 bridgehead atoms. The zero-order valence-corrected chi connectivity index (χ0v) is 16.1. The summed E-state index contributed by atoms with van der Waals surface area (Å²) in [5, 5.41) is 0.328. The van der Waals surface area contributed by atoms with E-state index in [4.69, 9.17) is 21.3 Å². The van der Waals surface area contributed by atoms with Crippen LogP contribution in [0.25, 0.3) is 22.2 Å². The molecule has 1 heterocycles. The van der Waals surface area contributed by atoms with E-state index in [-0.39, 0.29) is 0 Å². The molecule has 0 atom stereocenters. The third-order valence-corrected chi connectivity index (χ3v) is 4.58. The molecule has 0 aliphatic rings. The lowest BCUT2D eigenvalue weighted by Crippen LogP contribution is -1.98. The summed E-state index contributed by atoms with van der Waals surface area (Å²) in [6, 6.07) is 13.6. The zero-order chi connectivity index (χ0) is 18.7. The summed E-state index contributed by atoms with van der Waals surface area (Å²) in [6.07, 6.45) is 2.14. The van der Waals surface area contributed by atoms with Crippen LogP contribution in [0.3, 0.4) is 0 Å². The van der Waals surface area contributed by atoms with Gasteiger partial charge in [0.2, 0.25) is 0 Å². The van der Waals surface area contributed by atoms with Gasteiger partial charge in [-0.2, -0.15) is 0 Å². The topological polar surface area (TPSA) is 39.2 Å².